The van der Waals surface area contributed by atoms with E-state index in [-0.39, 0.29) is 24.4 Å². The highest BCUT2D eigenvalue weighted by Crippen LogP contribution is 2.32. The van der Waals surface area contributed by atoms with Crippen molar-refractivity contribution in [1.82, 2.24) is 24.4 Å². The molecule has 3 heterocycles. The van der Waals surface area contributed by atoms with Crippen LogP contribution in [0.15, 0.2) is 24.8 Å². The van der Waals surface area contributed by atoms with Crippen molar-refractivity contribution in [2.45, 2.75) is 44.5 Å². The Labute approximate surface area is 174 Å². The fraction of sp³-hybridized carbons (Fsp3) is 0.579. The molecule has 0 saturated carbocycles. The van der Waals surface area contributed by atoms with Crippen LogP contribution in [0.5, 0.6) is 0 Å². The number of aliphatic hydroxyl groups is 2. The van der Waals surface area contributed by atoms with Crippen LogP contribution in [0.3, 0.4) is 0 Å². The van der Waals surface area contributed by atoms with E-state index in [9.17, 15) is 15.0 Å². The molecule has 4 atom stereocenters. The second-order valence-electron chi connectivity index (χ2n) is 7.63. The van der Waals surface area contributed by atoms with Crippen molar-refractivity contribution < 1.29 is 24.5 Å². The molecule has 3 rings (SSSR count). The molecule has 0 aliphatic carbocycles. The van der Waals surface area contributed by atoms with Gasteiger partial charge in [-0.1, -0.05) is 6.08 Å². The number of aromatic nitrogens is 4. The van der Waals surface area contributed by atoms with Crippen molar-refractivity contribution in [3.05, 3.63) is 24.8 Å². The number of aliphatic hydroxyl groups excluding tert-OH is 2. The molecule has 0 unspecified atom stereocenters. The lowest BCUT2D eigenvalue weighted by Crippen LogP contribution is -2.34. The molecular weight excluding hydrogens is 392 g/mol. The van der Waals surface area contributed by atoms with Crippen LogP contribution in [-0.2, 0) is 14.3 Å². The van der Waals surface area contributed by atoms with E-state index in [1.165, 1.54) is 23.3 Å². The van der Waals surface area contributed by atoms with E-state index in [2.05, 4.69) is 20.3 Å². The molecule has 0 spiro atoms. The number of hydrogen-bond donors (Lipinski definition) is 3. The molecule has 0 aromatic carbocycles. The zero-order valence-corrected chi connectivity index (χ0v) is 17.5. The van der Waals surface area contributed by atoms with Crippen LogP contribution in [0.2, 0.25) is 0 Å². The van der Waals surface area contributed by atoms with Gasteiger partial charge in [0.2, 0.25) is 5.91 Å². The summed E-state index contributed by atoms with van der Waals surface area (Å²) in [6.45, 7) is 4.53. The number of fused-ring (bicyclic) bond motifs is 1. The van der Waals surface area contributed by atoms with Gasteiger partial charge in [-0.25, -0.2) is 15.0 Å². The standard InChI is InChI=1S/C19H28N6O5/c1-11(2)29-8-12-15(27)16(28)19(30-12)25-10-22-14-17(20-9-21-18(14)25)23-13(26)6-5-7-24(3)4/h5-6,9-12,15-16,19,27-28H,7-8H2,1-4H3,(H,20,21,23,26)/b6-5+/t12-,15-,16-,19-/m1/s1. The highest BCUT2D eigenvalue weighted by atomic mass is 16.6. The number of amides is 1. The van der Waals surface area contributed by atoms with Gasteiger partial charge in [-0.2, -0.15) is 0 Å². The number of anilines is 1. The highest BCUT2D eigenvalue weighted by Gasteiger charge is 2.44. The van der Waals surface area contributed by atoms with Gasteiger partial charge in [0.05, 0.1) is 19.0 Å². The van der Waals surface area contributed by atoms with Crippen molar-refractivity contribution in [2.75, 3.05) is 32.6 Å². The largest absolute Gasteiger partial charge is 0.387 e. The monoisotopic (exact) mass is 420 g/mol. The summed E-state index contributed by atoms with van der Waals surface area (Å²) in [6.07, 6.45) is 1.95. The number of imidazole rings is 1. The van der Waals surface area contributed by atoms with E-state index in [4.69, 9.17) is 9.47 Å². The Balaban J connectivity index is 1.78. The van der Waals surface area contributed by atoms with E-state index in [1.807, 2.05) is 32.8 Å². The predicted molar refractivity (Wildman–Crippen MR) is 109 cm³/mol. The average molecular weight is 420 g/mol. The number of rotatable bonds is 8. The summed E-state index contributed by atoms with van der Waals surface area (Å²) >= 11 is 0. The van der Waals surface area contributed by atoms with Crippen LogP contribution in [0.25, 0.3) is 11.2 Å². The number of nitrogens with one attached hydrogen (secondary N) is 1. The first-order valence-corrected chi connectivity index (χ1v) is 9.71. The van der Waals surface area contributed by atoms with Crippen LogP contribution in [-0.4, -0.2) is 92.2 Å². The van der Waals surface area contributed by atoms with E-state index in [0.717, 1.165) is 0 Å². The summed E-state index contributed by atoms with van der Waals surface area (Å²) in [5.41, 5.74) is 0.707. The summed E-state index contributed by atoms with van der Waals surface area (Å²) in [4.78, 5) is 26.6. The maximum absolute atomic E-state index is 12.1. The minimum Gasteiger partial charge on any atom is -0.387 e. The SMILES string of the molecule is CC(C)OC[C@H]1O[C@@H](n2cnc3c(NC(=O)/C=C/CN(C)C)ncnc32)[C@H](O)[C@@H]1O. The lowest BCUT2D eigenvalue weighted by molar-refractivity contribution is -0.111. The number of ether oxygens (including phenoxy) is 2. The zero-order chi connectivity index (χ0) is 21.8. The van der Waals surface area contributed by atoms with E-state index < -0.39 is 24.5 Å². The van der Waals surface area contributed by atoms with Crippen LogP contribution < -0.4 is 5.32 Å². The third kappa shape index (κ3) is 4.99. The Morgan fingerprint density at radius 2 is 2.10 bits per heavy atom. The minimum absolute atomic E-state index is 0.0308. The van der Waals surface area contributed by atoms with Crippen molar-refractivity contribution in [3.8, 4) is 0 Å². The Bertz CT molecular complexity index is 899. The summed E-state index contributed by atoms with van der Waals surface area (Å²) in [5, 5.41) is 23.5. The molecule has 1 amide bonds. The highest BCUT2D eigenvalue weighted by molar-refractivity contribution is 6.02. The summed E-state index contributed by atoms with van der Waals surface area (Å²) in [5.74, 6) is -0.101. The van der Waals surface area contributed by atoms with Crippen molar-refractivity contribution in [3.63, 3.8) is 0 Å². The maximum atomic E-state index is 12.1. The van der Waals surface area contributed by atoms with Crippen LogP contribution in [0.1, 0.15) is 20.1 Å². The molecule has 11 nitrogen and oxygen atoms in total. The molecule has 1 saturated heterocycles. The topological polar surface area (TPSA) is 135 Å². The van der Waals surface area contributed by atoms with Crippen LogP contribution in [0.4, 0.5) is 5.82 Å². The molecule has 1 fully saturated rings. The first-order valence-electron chi connectivity index (χ1n) is 9.71. The summed E-state index contributed by atoms with van der Waals surface area (Å²) < 4.78 is 12.8. The van der Waals surface area contributed by atoms with Gasteiger partial charge >= 0.3 is 0 Å². The average Bonchev–Trinajstić information content (AvgIpc) is 3.22. The first kappa shape index (κ1) is 22.2. The molecule has 0 radical (unpaired) electrons. The van der Waals surface area contributed by atoms with Gasteiger partial charge in [-0.05, 0) is 27.9 Å². The number of carbonyl (C=O) groups is 1. The number of hydrogen-bond acceptors (Lipinski definition) is 9. The van der Waals surface area contributed by atoms with Gasteiger partial charge in [0.15, 0.2) is 23.2 Å². The van der Waals surface area contributed by atoms with E-state index in [1.54, 1.807) is 6.08 Å². The predicted octanol–water partition coefficient (Wildman–Crippen LogP) is -0.0732. The van der Waals surface area contributed by atoms with Gasteiger partial charge in [-0.15, -0.1) is 0 Å². The molecule has 1 aliphatic heterocycles. The van der Waals surface area contributed by atoms with Crippen molar-refractivity contribution >= 4 is 22.9 Å². The second kappa shape index (κ2) is 9.58. The Morgan fingerprint density at radius 3 is 2.80 bits per heavy atom. The molecule has 2 aromatic heterocycles. The van der Waals surface area contributed by atoms with Gasteiger partial charge in [-0.3, -0.25) is 9.36 Å². The fourth-order valence-corrected chi connectivity index (χ4v) is 3.04. The molecule has 1 aliphatic rings. The smallest absolute Gasteiger partial charge is 0.249 e. The maximum Gasteiger partial charge on any atom is 0.249 e. The van der Waals surface area contributed by atoms with Crippen molar-refractivity contribution in [2.24, 2.45) is 0 Å². The first-order chi connectivity index (χ1) is 14.3. The van der Waals surface area contributed by atoms with Gasteiger partial charge in [0.1, 0.15) is 24.6 Å². The molecule has 164 valence electrons. The number of likely N-dealkylation sites (N-methyl/N-ethyl adjacent to an activating group) is 1. The van der Waals surface area contributed by atoms with Crippen molar-refractivity contribution in [1.29, 1.82) is 0 Å². The molecule has 0 bridgehead atoms. The third-order valence-corrected chi connectivity index (χ3v) is 4.55. The molecular formula is C19H28N6O5. The van der Waals surface area contributed by atoms with E-state index in [0.29, 0.717) is 17.7 Å². The second-order valence-corrected chi connectivity index (χ2v) is 7.63. The lowest BCUT2D eigenvalue weighted by Gasteiger charge is -2.17. The quantitative estimate of drug-likeness (QED) is 0.501. The Kier molecular flexibility index (Phi) is 7.10. The fourth-order valence-electron chi connectivity index (χ4n) is 3.04. The Morgan fingerprint density at radius 1 is 1.33 bits per heavy atom. The number of carbonyl (C=O) groups excluding carboxylic acids is 1. The van der Waals surface area contributed by atoms with Gasteiger partial charge in [0, 0.05) is 12.6 Å². The zero-order valence-electron chi connectivity index (χ0n) is 17.5. The van der Waals surface area contributed by atoms with Crippen LogP contribution >= 0.6 is 0 Å². The molecule has 11 heteroatoms. The normalized spacial score (nSPS) is 24.5. The van der Waals surface area contributed by atoms with E-state index >= 15 is 0 Å². The van der Waals surface area contributed by atoms with Gasteiger partial charge < -0.3 is 29.9 Å². The van der Waals surface area contributed by atoms with Crippen LogP contribution in [0, 0.1) is 0 Å². The number of nitrogens with zero attached hydrogens (tertiary/aromatic N) is 5. The Hall–Kier alpha value is -2.44. The lowest BCUT2D eigenvalue weighted by atomic mass is 10.1. The third-order valence-electron chi connectivity index (χ3n) is 4.55. The molecule has 3 N–H and O–H groups in total. The molecule has 2 aromatic rings. The summed E-state index contributed by atoms with van der Waals surface area (Å²) in [7, 11) is 3.80. The van der Waals surface area contributed by atoms with Gasteiger partial charge in [0.25, 0.3) is 0 Å². The molecule has 30 heavy (non-hydrogen) atoms. The minimum atomic E-state index is -1.19. The summed E-state index contributed by atoms with van der Waals surface area (Å²) in [6, 6.07) is 0.